The summed E-state index contributed by atoms with van der Waals surface area (Å²) in [4.78, 5) is 0. The smallest absolute Gasteiger partial charge is 0.231 e. The normalized spacial score (nSPS) is 13.3. The van der Waals surface area contributed by atoms with Crippen LogP contribution in [0.25, 0.3) is 22.0 Å². The van der Waals surface area contributed by atoms with Crippen molar-refractivity contribution >= 4 is 10.8 Å². The summed E-state index contributed by atoms with van der Waals surface area (Å²) in [5, 5.41) is 2.36. The van der Waals surface area contributed by atoms with E-state index in [9.17, 15) is 0 Å². The highest BCUT2D eigenvalue weighted by Gasteiger charge is 2.32. The summed E-state index contributed by atoms with van der Waals surface area (Å²) in [5.41, 5.74) is 5.16. The summed E-state index contributed by atoms with van der Waals surface area (Å²) in [6, 6.07) is 10.8. The van der Waals surface area contributed by atoms with Gasteiger partial charge in [0.05, 0.1) is 25.2 Å². The summed E-state index contributed by atoms with van der Waals surface area (Å²) >= 11 is 0. The number of benzene rings is 2. The van der Waals surface area contributed by atoms with E-state index in [1.165, 1.54) is 71.8 Å². The molecule has 5 rings (SSSR count). The molecule has 0 amide bonds. The SMILES string of the molecule is CCCCCCCCc1c2c(OC)c(OC)ccc2cc2[n+]1CCc1cc3c(cc1-2)OCO3.[Cl-]. The monoisotopic (exact) mass is 483 g/mol. The number of halogens is 1. The van der Waals surface area contributed by atoms with E-state index in [4.69, 9.17) is 18.9 Å². The molecule has 0 bridgehead atoms. The number of unbranched alkanes of at least 4 members (excludes halogenated alkanes) is 5. The Morgan fingerprint density at radius 3 is 2.44 bits per heavy atom. The van der Waals surface area contributed by atoms with Crippen molar-refractivity contribution in [2.75, 3.05) is 21.0 Å². The fraction of sp³-hybridized carbons (Fsp3) is 0.464. The highest BCUT2D eigenvalue weighted by molar-refractivity contribution is 5.94. The molecular weight excluding hydrogens is 450 g/mol. The van der Waals surface area contributed by atoms with Gasteiger partial charge in [-0.15, -0.1) is 0 Å². The van der Waals surface area contributed by atoms with Crippen LogP contribution in [0.2, 0.25) is 0 Å². The number of fused-ring (bicyclic) bond motifs is 5. The Morgan fingerprint density at radius 2 is 1.68 bits per heavy atom. The number of rotatable bonds is 9. The summed E-state index contributed by atoms with van der Waals surface area (Å²) < 4.78 is 25.4. The Bertz CT molecular complexity index is 1180. The second-order valence-electron chi connectivity index (χ2n) is 9.02. The molecule has 1 aromatic heterocycles. The molecule has 0 radical (unpaired) electrons. The number of aryl methyl sites for hydroxylation is 2. The van der Waals surface area contributed by atoms with Crippen LogP contribution in [0.1, 0.15) is 56.7 Å². The van der Waals surface area contributed by atoms with E-state index < -0.39 is 0 Å². The lowest BCUT2D eigenvalue weighted by Gasteiger charge is -2.20. The predicted molar refractivity (Wildman–Crippen MR) is 130 cm³/mol. The van der Waals surface area contributed by atoms with Crippen molar-refractivity contribution in [2.45, 2.75) is 64.8 Å². The molecule has 6 heteroatoms. The molecule has 0 spiro atoms. The minimum Gasteiger partial charge on any atom is -1.00 e. The van der Waals surface area contributed by atoms with Crippen LogP contribution in [-0.4, -0.2) is 21.0 Å². The average molecular weight is 484 g/mol. The topological polar surface area (TPSA) is 40.8 Å². The van der Waals surface area contributed by atoms with Gasteiger partial charge in [-0.2, -0.15) is 4.57 Å². The number of nitrogens with zero attached hydrogens (tertiary/aromatic N) is 1. The molecule has 2 aliphatic rings. The minimum absolute atomic E-state index is 0. The molecule has 0 aliphatic carbocycles. The van der Waals surface area contributed by atoms with E-state index in [2.05, 4.69) is 35.8 Å². The molecule has 34 heavy (non-hydrogen) atoms. The van der Waals surface area contributed by atoms with Crippen molar-refractivity contribution in [2.24, 2.45) is 0 Å². The van der Waals surface area contributed by atoms with Gasteiger partial charge in [0.2, 0.25) is 12.5 Å². The molecule has 0 saturated carbocycles. The first-order valence-corrected chi connectivity index (χ1v) is 12.3. The van der Waals surface area contributed by atoms with Gasteiger partial charge >= 0.3 is 0 Å². The predicted octanol–water partition coefficient (Wildman–Crippen LogP) is 3.00. The van der Waals surface area contributed by atoms with Crippen molar-refractivity contribution in [3.8, 4) is 34.3 Å². The molecule has 3 heterocycles. The van der Waals surface area contributed by atoms with Gasteiger partial charge in [-0.25, -0.2) is 0 Å². The number of aromatic nitrogens is 1. The molecule has 0 fully saturated rings. The largest absolute Gasteiger partial charge is 1.00 e. The molecule has 0 unspecified atom stereocenters. The summed E-state index contributed by atoms with van der Waals surface area (Å²) in [5.74, 6) is 3.32. The lowest BCUT2D eigenvalue weighted by Crippen LogP contribution is -3.00. The van der Waals surface area contributed by atoms with Crippen LogP contribution in [0.5, 0.6) is 23.0 Å². The van der Waals surface area contributed by atoms with Crippen LogP contribution >= 0.6 is 0 Å². The van der Waals surface area contributed by atoms with Crippen LogP contribution in [0.15, 0.2) is 30.3 Å². The second kappa shape index (κ2) is 10.7. The van der Waals surface area contributed by atoms with E-state index in [0.717, 1.165) is 42.4 Å². The maximum absolute atomic E-state index is 5.90. The van der Waals surface area contributed by atoms with Crippen molar-refractivity contribution in [3.63, 3.8) is 0 Å². The molecule has 2 aliphatic heterocycles. The first-order chi connectivity index (χ1) is 16.2. The Morgan fingerprint density at radius 1 is 0.912 bits per heavy atom. The quantitative estimate of drug-likeness (QED) is 0.346. The lowest BCUT2D eigenvalue weighted by atomic mass is 9.92. The van der Waals surface area contributed by atoms with Gasteiger partial charge in [0, 0.05) is 18.9 Å². The summed E-state index contributed by atoms with van der Waals surface area (Å²) in [6.07, 6.45) is 9.68. The first-order valence-electron chi connectivity index (χ1n) is 12.3. The molecule has 0 N–H and O–H groups in total. The number of pyridine rings is 1. The molecule has 3 aromatic rings. The molecule has 5 nitrogen and oxygen atoms in total. The summed E-state index contributed by atoms with van der Waals surface area (Å²) in [7, 11) is 3.45. The fourth-order valence-electron chi connectivity index (χ4n) is 5.34. The number of hydrogen-bond acceptors (Lipinski definition) is 4. The zero-order valence-electron chi connectivity index (χ0n) is 20.4. The van der Waals surface area contributed by atoms with Gasteiger partial charge in [0.25, 0.3) is 0 Å². The number of hydrogen-bond donors (Lipinski definition) is 0. The van der Waals surface area contributed by atoms with Crippen molar-refractivity contribution in [1.29, 1.82) is 0 Å². The van der Waals surface area contributed by atoms with Gasteiger partial charge in [-0.3, -0.25) is 0 Å². The summed E-state index contributed by atoms with van der Waals surface area (Å²) in [6.45, 7) is 3.52. The third-order valence-corrected chi connectivity index (χ3v) is 7.02. The van der Waals surface area contributed by atoms with Crippen molar-refractivity contribution in [1.82, 2.24) is 0 Å². The fourth-order valence-corrected chi connectivity index (χ4v) is 5.34. The Hall–Kier alpha value is -2.66. The maximum atomic E-state index is 5.90. The number of ether oxygens (including phenoxy) is 4. The van der Waals surface area contributed by atoms with Crippen molar-refractivity contribution < 1.29 is 35.9 Å². The van der Waals surface area contributed by atoms with Gasteiger partial charge in [0.1, 0.15) is 0 Å². The van der Waals surface area contributed by atoms with Gasteiger partial charge in [-0.1, -0.05) is 39.0 Å². The van der Waals surface area contributed by atoms with E-state index in [-0.39, 0.29) is 12.4 Å². The third-order valence-electron chi connectivity index (χ3n) is 7.02. The lowest BCUT2D eigenvalue weighted by molar-refractivity contribution is -0.693. The molecule has 182 valence electrons. The van der Waals surface area contributed by atoms with Gasteiger partial charge in [0.15, 0.2) is 35.2 Å². The van der Waals surface area contributed by atoms with Crippen LogP contribution in [0.4, 0.5) is 0 Å². The van der Waals surface area contributed by atoms with Crippen LogP contribution in [0, 0.1) is 0 Å². The molecule has 0 saturated heterocycles. The van der Waals surface area contributed by atoms with Crippen molar-refractivity contribution in [3.05, 3.63) is 41.6 Å². The molecular formula is C28H34ClNO4. The Balaban J connectivity index is 0.00000274. The standard InChI is InChI=1S/C28H34NO4.ClH/c1-4-5-6-7-8-9-10-22-27-20(11-12-24(30-2)28(27)31-3)15-23-21-17-26-25(32-18-33-26)16-19(21)13-14-29(22)23;/h11-12,15-17H,4-10,13-14,18H2,1-3H3;1H/q+1;/p-1. The van der Waals surface area contributed by atoms with Crippen LogP contribution < -0.4 is 35.9 Å². The minimum atomic E-state index is 0. The van der Waals surface area contributed by atoms with E-state index >= 15 is 0 Å². The Kier molecular flexibility index (Phi) is 7.72. The van der Waals surface area contributed by atoms with Crippen LogP contribution in [-0.2, 0) is 19.4 Å². The van der Waals surface area contributed by atoms with Crippen LogP contribution in [0.3, 0.4) is 0 Å². The number of methoxy groups -OCH3 is 2. The second-order valence-corrected chi connectivity index (χ2v) is 9.02. The van der Waals surface area contributed by atoms with Gasteiger partial charge in [-0.05, 0) is 41.6 Å². The van der Waals surface area contributed by atoms with E-state index in [1.807, 2.05) is 6.07 Å². The zero-order valence-corrected chi connectivity index (χ0v) is 21.2. The zero-order chi connectivity index (χ0) is 22.8. The van der Waals surface area contributed by atoms with E-state index in [0.29, 0.717) is 6.79 Å². The van der Waals surface area contributed by atoms with E-state index in [1.54, 1.807) is 14.2 Å². The highest BCUT2D eigenvalue weighted by Crippen LogP contribution is 2.43. The first kappa shape index (κ1) is 24.5. The average Bonchev–Trinajstić information content (AvgIpc) is 3.30. The molecule has 2 aromatic carbocycles. The third kappa shape index (κ3) is 4.38. The Labute approximate surface area is 208 Å². The van der Waals surface area contributed by atoms with Gasteiger partial charge < -0.3 is 31.4 Å². The maximum Gasteiger partial charge on any atom is 0.231 e. The highest BCUT2D eigenvalue weighted by atomic mass is 35.5. The molecule has 0 atom stereocenters.